The topological polar surface area (TPSA) is 131 Å². The number of sulfonamides is 1. The molecule has 0 atom stereocenters. The molecule has 0 saturated heterocycles. The van der Waals surface area contributed by atoms with Crippen LogP contribution in [0.2, 0.25) is 0 Å². The van der Waals surface area contributed by atoms with Crippen LogP contribution in [-0.2, 0) is 33.0 Å². The molecule has 3 aromatic carbocycles. The Bertz CT molecular complexity index is 1850. The highest BCUT2D eigenvalue weighted by molar-refractivity contribution is 7.93. The Kier molecular flexibility index (Phi) is 8.65. The number of halogens is 1. The van der Waals surface area contributed by atoms with Crippen LogP contribution in [0.3, 0.4) is 0 Å². The number of hydrogen-bond donors (Lipinski definition) is 2. The largest absolute Gasteiger partial charge is 0.465 e. The van der Waals surface area contributed by atoms with Crippen LogP contribution in [-0.4, -0.2) is 42.9 Å². The van der Waals surface area contributed by atoms with Gasteiger partial charge in [-0.15, -0.1) is 12.4 Å². The van der Waals surface area contributed by atoms with Gasteiger partial charge >= 0.3 is 5.97 Å². The minimum atomic E-state index is -4.19. The molecule has 2 heterocycles. The smallest absolute Gasteiger partial charge is 0.326 e. The minimum absolute atomic E-state index is 0. The molecular weight excluding hydrogens is 562 g/mol. The van der Waals surface area contributed by atoms with E-state index in [4.69, 9.17) is 15.9 Å². The maximum atomic E-state index is 14.1. The Balaban J connectivity index is 0.00000387. The van der Waals surface area contributed by atoms with Crippen molar-refractivity contribution in [3.05, 3.63) is 102 Å². The van der Waals surface area contributed by atoms with Crippen LogP contribution in [0.5, 0.6) is 0 Å². The normalized spacial score (nSPS) is 11.3. The Hall–Kier alpha value is -4.41. The molecule has 5 rings (SSSR count). The summed E-state index contributed by atoms with van der Waals surface area (Å²) in [4.78, 5) is 16.9. The molecule has 2 aromatic heterocycles. The van der Waals surface area contributed by atoms with Crippen LogP contribution in [0, 0.1) is 5.41 Å². The lowest BCUT2D eigenvalue weighted by Crippen LogP contribution is -2.36. The van der Waals surface area contributed by atoms with Gasteiger partial charge in [-0.3, -0.25) is 19.5 Å². The van der Waals surface area contributed by atoms with Crippen LogP contribution >= 0.6 is 12.4 Å². The molecule has 0 bridgehead atoms. The molecule has 0 unspecified atom stereocenters. The Labute approximate surface area is 244 Å². The van der Waals surface area contributed by atoms with Crippen LogP contribution in [0.1, 0.15) is 23.7 Å². The number of anilines is 1. The number of nitrogens with two attached hydrogens (primary N) is 1. The predicted octanol–water partition coefficient (Wildman–Crippen LogP) is 4.78. The van der Waals surface area contributed by atoms with Gasteiger partial charge in [-0.1, -0.05) is 42.5 Å². The van der Waals surface area contributed by atoms with Crippen LogP contribution < -0.4 is 10.0 Å². The molecule has 0 spiro atoms. The lowest BCUT2D eigenvalue weighted by Gasteiger charge is -2.24. The third-order valence-electron chi connectivity index (χ3n) is 6.81. The number of aryl methyl sites for hydroxylation is 1. The zero-order chi connectivity index (χ0) is 28.4. The van der Waals surface area contributed by atoms with E-state index in [2.05, 4.69) is 9.55 Å². The molecule has 9 nitrogen and oxygen atoms in total. The maximum Gasteiger partial charge on any atom is 0.326 e. The Morgan fingerprint density at radius 3 is 2.46 bits per heavy atom. The van der Waals surface area contributed by atoms with Gasteiger partial charge in [0.25, 0.3) is 10.0 Å². The van der Waals surface area contributed by atoms with Gasteiger partial charge in [0.1, 0.15) is 17.3 Å². The molecule has 212 valence electrons. The van der Waals surface area contributed by atoms with E-state index < -0.39 is 22.5 Å². The fourth-order valence-electron chi connectivity index (χ4n) is 4.77. The van der Waals surface area contributed by atoms with Crippen molar-refractivity contribution in [3.63, 3.8) is 0 Å². The first kappa shape index (κ1) is 29.6. The lowest BCUT2D eigenvalue weighted by atomic mass is 10.1. The van der Waals surface area contributed by atoms with Gasteiger partial charge < -0.3 is 15.0 Å². The number of nitrogens with one attached hydrogen (secondary N) is 1. The van der Waals surface area contributed by atoms with Crippen molar-refractivity contribution < 1.29 is 17.9 Å². The van der Waals surface area contributed by atoms with E-state index in [0.717, 1.165) is 26.5 Å². The van der Waals surface area contributed by atoms with E-state index in [1.807, 2.05) is 43.4 Å². The second kappa shape index (κ2) is 12.0. The van der Waals surface area contributed by atoms with Gasteiger partial charge in [0.15, 0.2) is 0 Å². The first-order valence-corrected chi connectivity index (χ1v) is 14.2. The fourth-order valence-corrected chi connectivity index (χ4v) is 6.34. The second-order valence-corrected chi connectivity index (χ2v) is 11.2. The number of pyridine rings is 1. The summed E-state index contributed by atoms with van der Waals surface area (Å²) in [6.07, 6.45) is 2.17. The van der Waals surface area contributed by atoms with E-state index in [0.29, 0.717) is 28.6 Å². The van der Waals surface area contributed by atoms with E-state index >= 15 is 0 Å². The number of esters is 1. The van der Waals surface area contributed by atoms with Gasteiger partial charge in [0, 0.05) is 47.2 Å². The summed E-state index contributed by atoms with van der Waals surface area (Å²) in [7, 11) is -2.24. The number of hydrogen-bond acceptors (Lipinski definition) is 6. The fraction of sp³-hybridized carbons (Fsp3) is 0.167. The number of ether oxygens (including phenoxy) is 1. The van der Waals surface area contributed by atoms with Crippen molar-refractivity contribution in [3.8, 4) is 0 Å². The zero-order valence-corrected chi connectivity index (χ0v) is 24.2. The molecule has 5 aromatic rings. The van der Waals surface area contributed by atoms with Crippen molar-refractivity contribution in [1.29, 1.82) is 5.41 Å². The van der Waals surface area contributed by atoms with Crippen molar-refractivity contribution in [1.82, 2.24) is 9.55 Å². The molecule has 0 radical (unpaired) electrons. The lowest BCUT2D eigenvalue weighted by molar-refractivity contribution is -0.141. The number of nitrogens with zero attached hydrogens (tertiary/aromatic N) is 3. The van der Waals surface area contributed by atoms with Crippen molar-refractivity contribution in [2.24, 2.45) is 12.8 Å². The quantitative estimate of drug-likeness (QED) is 0.144. The molecule has 3 N–H and O–H groups in total. The SMILES string of the molecule is CCOC(=O)CN(c1ccc2c(c1)cc(Cc1ccc(C(=N)N)cc1)n2C)S(=O)(=O)c1cccc2cccnc12.Cl. The molecule has 0 aliphatic rings. The highest BCUT2D eigenvalue weighted by Crippen LogP contribution is 2.31. The highest BCUT2D eigenvalue weighted by Gasteiger charge is 2.30. The first-order chi connectivity index (χ1) is 19.2. The molecule has 0 amide bonds. The van der Waals surface area contributed by atoms with E-state index in [1.165, 1.54) is 6.07 Å². The number of aromatic nitrogens is 2. The van der Waals surface area contributed by atoms with Crippen molar-refractivity contribution in [2.75, 3.05) is 17.5 Å². The number of nitrogen functional groups attached to an aromatic ring is 1. The molecule has 41 heavy (non-hydrogen) atoms. The Morgan fingerprint density at radius 1 is 1.02 bits per heavy atom. The maximum absolute atomic E-state index is 14.1. The monoisotopic (exact) mass is 591 g/mol. The number of fused-ring (bicyclic) bond motifs is 2. The predicted molar refractivity (Wildman–Crippen MR) is 163 cm³/mol. The number of rotatable bonds is 9. The van der Waals surface area contributed by atoms with Gasteiger partial charge in [-0.05, 0) is 48.9 Å². The summed E-state index contributed by atoms with van der Waals surface area (Å²) >= 11 is 0. The first-order valence-electron chi connectivity index (χ1n) is 12.7. The minimum Gasteiger partial charge on any atom is -0.465 e. The van der Waals surface area contributed by atoms with Gasteiger partial charge in [0.2, 0.25) is 0 Å². The van der Waals surface area contributed by atoms with E-state index in [9.17, 15) is 13.2 Å². The summed E-state index contributed by atoms with van der Waals surface area (Å²) in [5, 5.41) is 9.10. The Morgan fingerprint density at radius 2 is 1.76 bits per heavy atom. The van der Waals surface area contributed by atoms with Gasteiger partial charge in [0.05, 0.1) is 17.8 Å². The number of carbonyl (C=O) groups excluding carboxylic acids is 1. The number of benzene rings is 3. The second-order valence-electron chi connectivity index (χ2n) is 9.37. The summed E-state index contributed by atoms with van der Waals surface area (Å²) < 4.78 is 36.4. The van der Waals surface area contributed by atoms with E-state index in [1.54, 1.807) is 49.5 Å². The highest BCUT2D eigenvalue weighted by atomic mass is 35.5. The average molecular weight is 592 g/mol. The number of amidine groups is 1. The van der Waals surface area contributed by atoms with E-state index in [-0.39, 0.29) is 29.7 Å². The third kappa shape index (κ3) is 5.89. The number of para-hydroxylation sites is 1. The van der Waals surface area contributed by atoms with Crippen LogP contribution in [0.4, 0.5) is 5.69 Å². The average Bonchev–Trinajstić information content (AvgIpc) is 3.25. The summed E-state index contributed by atoms with van der Waals surface area (Å²) in [6, 6.07) is 23.3. The zero-order valence-electron chi connectivity index (χ0n) is 22.6. The third-order valence-corrected chi connectivity index (χ3v) is 8.61. The van der Waals surface area contributed by atoms with Crippen molar-refractivity contribution >= 4 is 61.7 Å². The van der Waals surface area contributed by atoms with Crippen molar-refractivity contribution in [2.45, 2.75) is 18.2 Å². The van der Waals surface area contributed by atoms with Gasteiger partial charge in [-0.2, -0.15) is 0 Å². The molecule has 0 fully saturated rings. The van der Waals surface area contributed by atoms with Gasteiger partial charge in [-0.25, -0.2) is 8.42 Å². The summed E-state index contributed by atoms with van der Waals surface area (Å²) in [5.41, 5.74) is 9.89. The molecule has 0 saturated carbocycles. The number of carbonyl (C=O) groups is 1. The standard InChI is InChI=1S/C30H29N5O4S.ClH/c1-3-39-28(36)19-35(40(37,38)27-8-4-6-21-7-5-15-33-29(21)27)24-13-14-26-23(17-24)18-25(34(26)2)16-20-9-11-22(12-10-20)30(31)32;/h4-15,17-18H,3,16,19H2,1-2H3,(H3,31,32);1H. The summed E-state index contributed by atoms with van der Waals surface area (Å²) in [5.74, 6) is -0.632. The summed E-state index contributed by atoms with van der Waals surface area (Å²) in [6.45, 7) is 1.33. The molecule has 0 aliphatic carbocycles. The molecule has 0 aliphatic heterocycles. The van der Waals surface area contributed by atoms with Crippen LogP contribution in [0.15, 0.2) is 90.0 Å². The van der Waals surface area contributed by atoms with Crippen LogP contribution in [0.25, 0.3) is 21.8 Å². The molecule has 11 heteroatoms. The molecular formula is C30H30ClN5O4S.